The SMILES string of the molecule is CC1(C(N)=O)CCN(C(=O)N2CCCCCC2)C1. The van der Waals surface area contributed by atoms with Crippen molar-refractivity contribution in [2.45, 2.75) is 39.0 Å². The molecule has 0 aromatic carbocycles. The van der Waals surface area contributed by atoms with E-state index in [1.165, 1.54) is 12.8 Å². The molecule has 0 bridgehead atoms. The van der Waals surface area contributed by atoms with Crippen molar-refractivity contribution >= 4 is 11.9 Å². The van der Waals surface area contributed by atoms with Crippen LogP contribution in [0.5, 0.6) is 0 Å². The van der Waals surface area contributed by atoms with E-state index in [2.05, 4.69) is 0 Å². The number of carbonyl (C=O) groups excluding carboxylic acids is 2. The van der Waals surface area contributed by atoms with Crippen molar-refractivity contribution in [1.82, 2.24) is 9.80 Å². The van der Waals surface area contributed by atoms with Crippen molar-refractivity contribution in [3.63, 3.8) is 0 Å². The third-order valence-corrected chi connectivity index (χ3v) is 4.22. The first-order valence-corrected chi connectivity index (χ1v) is 6.87. The Kier molecular flexibility index (Phi) is 3.78. The topological polar surface area (TPSA) is 66.6 Å². The Bertz CT molecular complexity index is 337. The minimum Gasteiger partial charge on any atom is -0.369 e. The second-order valence-corrected chi connectivity index (χ2v) is 5.78. The van der Waals surface area contributed by atoms with E-state index in [9.17, 15) is 9.59 Å². The van der Waals surface area contributed by atoms with Crippen LogP contribution in [0, 0.1) is 5.41 Å². The van der Waals surface area contributed by atoms with Crippen LogP contribution in [0.3, 0.4) is 0 Å². The van der Waals surface area contributed by atoms with Gasteiger partial charge in [0.25, 0.3) is 0 Å². The van der Waals surface area contributed by atoms with Crippen LogP contribution < -0.4 is 5.73 Å². The predicted octanol–water partition coefficient (Wildman–Crippen LogP) is 1.18. The number of amides is 3. The molecular weight excluding hydrogens is 230 g/mol. The van der Waals surface area contributed by atoms with Gasteiger partial charge < -0.3 is 15.5 Å². The van der Waals surface area contributed by atoms with Crippen LogP contribution in [0.4, 0.5) is 4.79 Å². The molecule has 5 heteroatoms. The maximum Gasteiger partial charge on any atom is 0.320 e. The summed E-state index contributed by atoms with van der Waals surface area (Å²) >= 11 is 0. The highest BCUT2D eigenvalue weighted by molar-refractivity contribution is 5.83. The molecule has 5 nitrogen and oxygen atoms in total. The molecule has 1 unspecified atom stereocenters. The second kappa shape index (κ2) is 5.16. The number of hydrogen-bond acceptors (Lipinski definition) is 2. The quantitative estimate of drug-likeness (QED) is 0.762. The van der Waals surface area contributed by atoms with E-state index in [4.69, 9.17) is 5.73 Å². The molecule has 2 aliphatic heterocycles. The van der Waals surface area contributed by atoms with Gasteiger partial charge in [0.1, 0.15) is 0 Å². The van der Waals surface area contributed by atoms with E-state index in [1.54, 1.807) is 4.90 Å². The Labute approximate surface area is 108 Å². The molecule has 2 aliphatic rings. The fraction of sp³-hybridized carbons (Fsp3) is 0.846. The van der Waals surface area contributed by atoms with Gasteiger partial charge in [-0.3, -0.25) is 4.79 Å². The van der Waals surface area contributed by atoms with Gasteiger partial charge in [0.2, 0.25) is 5.91 Å². The zero-order chi connectivity index (χ0) is 13.2. The van der Waals surface area contributed by atoms with Gasteiger partial charge in [0.05, 0.1) is 5.41 Å². The fourth-order valence-corrected chi connectivity index (χ4v) is 2.79. The molecule has 2 saturated heterocycles. The number of primary amides is 1. The average molecular weight is 253 g/mol. The molecule has 0 aliphatic carbocycles. The number of rotatable bonds is 1. The molecule has 2 fully saturated rings. The lowest BCUT2D eigenvalue weighted by Crippen LogP contribution is -2.45. The van der Waals surface area contributed by atoms with Gasteiger partial charge in [0, 0.05) is 26.2 Å². The van der Waals surface area contributed by atoms with Crippen LogP contribution in [0.1, 0.15) is 39.0 Å². The van der Waals surface area contributed by atoms with Crippen LogP contribution in [0.2, 0.25) is 0 Å². The standard InChI is InChI=1S/C13H23N3O2/c1-13(11(14)17)6-9-16(10-13)12(18)15-7-4-2-3-5-8-15/h2-10H2,1H3,(H2,14,17). The molecule has 0 aromatic heterocycles. The molecule has 2 rings (SSSR count). The number of nitrogens with zero attached hydrogens (tertiary/aromatic N) is 2. The number of likely N-dealkylation sites (tertiary alicyclic amines) is 2. The van der Waals surface area contributed by atoms with E-state index in [0.29, 0.717) is 19.5 Å². The van der Waals surface area contributed by atoms with Gasteiger partial charge >= 0.3 is 6.03 Å². The number of nitrogens with two attached hydrogens (primary N) is 1. The molecule has 3 amide bonds. The highest BCUT2D eigenvalue weighted by Gasteiger charge is 2.41. The third-order valence-electron chi connectivity index (χ3n) is 4.22. The fourth-order valence-electron chi connectivity index (χ4n) is 2.79. The molecule has 1 atom stereocenters. The van der Waals surface area contributed by atoms with Crippen LogP contribution in [0.25, 0.3) is 0 Å². The van der Waals surface area contributed by atoms with E-state index in [0.717, 1.165) is 25.9 Å². The van der Waals surface area contributed by atoms with E-state index in [-0.39, 0.29) is 11.9 Å². The van der Waals surface area contributed by atoms with Gasteiger partial charge in [-0.25, -0.2) is 4.79 Å². The normalized spacial score (nSPS) is 29.2. The predicted molar refractivity (Wildman–Crippen MR) is 68.9 cm³/mol. The zero-order valence-corrected chi connectivity index (χ0v) is 11.2. The molecule has 0 aromatic rings. The van der Waals surface area contributed by atoms with Gasteiger partial charge in [-0.15, -0.1) is 0 Å². The Morgan fingerprint density at radius 2 is 1.61 bits per heavy atom. The summed E-state index contributed by atoms with van der Waals surface area (Å²) in [6.07, 6.45) is 5.28. The minimum absolute atomic E-state index is 0.0851. The first-order chi connectivity index (χ1) is 8.53. The van der Waals surface area contributed by atoms with Gasteiger partial charge in [0.15, 0.2) is 0 Å². The molecule has 102 valence electrons. The summed E-state index contributed by atoms with van der Waals surface area (Å²) in [6.45, 7) is 4.67. The van der Waals surface area contributed by atoms with Crippen LogP contribution >= 0.6 is 0 Å². The largest absolute Gasteiger partial charge is 0.369 e. The monoisotopic (exact) mass is 253 g/mol. The highest BCUT2D eigenvalue weighted by atomic mass is 16.2. The average Bonchev–Trinajstić information content (AvgIpc) is 2.59. The van der Waals surface area contributed by atoms with Crippen molar-refractivity contribution < 1.29 is 9.59 Å². The summed E-state index contributed by atoms with van der Waals surface area (Å²) in [6, 6.07) is 0.0851. The smallest absolute Gasteiger partial charge is 0.320 e. The van der Waals surface area contributed by atoms with E-state index < -0.39 is 5.41 Å². The van der Waals surface area contributed by atoms with Crippen molar-refractivity contribution in [2.24, 2.45) is 11.1 Å². The van der Waals surface area contributed by atoms with Crippen molar-refractivity contribution in [3.8, 4) is 0 Å². The lowest BCUT2D eigenvalue weighted by molar-refractivity contribution is -0.126. The summed E-state index contributed by atoms with van der Waals surface area (Å²) in [5.74, 6) is -0.298. The summed E-state index contributed by atoms with van der Waals surface area (Å²) in [5, 5.41) is 0. The Hall–Kier alpha value is -1.26. The van der Waals surface area contributed by atoms with Crippen LogP contribution in [-0.4, -0.2) is 47.9 Å². The van der Waals surface area contributed by atoms with Crippen LogP contribution in [-0.2, 0) is 4.79 Å². The van der Waals surface area contributed by atoms with Crippen molar-refractivity contribution in [2.75, 3.05) is 26.2 Å². The highest BCUT2D eigenvalue weighted by Crippen LogP contribution is 2.30. The molecule has 0 saturated carbocycles. The number of urea groups is 1. The van der Waals surface area contributed by atoms with E-state index >= 15 is 0 Å². The second-order valence-electron chi connectivity index (χ2n) is 5.78. The summed E-state index contributed by atoms with van der Waals surface area (Å²) in [7, 11) is 0. The lowest BCUT2D eigenvalue weighted by atomic mass is 9.89. The number of carbonyl (C=O) groups is 2. The summed E-state index contributed by atoms with van der Waals surface area (Å²) in [4.78, 5) is 27.5. The molecule has 2 N–H and O–H groups in total. The molecule has 2 heterocycles. The minimum atomic E-state index is -0.540. The van der Waals surface area contributed by atoms with Crippen LogP contribution in [0.15, 0.2) is 0 Å². The summed E-state index contributed by atoms with van der Waals surface area (Å²) in [5.41, 5.74) is 4.87. The van der Waals surface area contributed by atoms with Crippen molar-refractivity contribution in [1.29, 1.82) is 0 Å². The molecular formula is C13H23N3O2. The third kappa shape index (κ3) is 2.60. The maximum absolute atomic E-state index is 12.4. The lowest BCUT2D eigenvalue weighted by Gasteiger charge is -2.28. The van der Waals surface area contributed by atoms with Crippen molar-refractivity contribution in [3.05, 3.63) is 0 Å². The van der Waals surface area contributed by atoms with Gasteiger partial charge in [-0.1, -0.05) is 12.8 Å². The Balaban J connectivity index is 1.96. The zero-order valence-electron chi connectivity index (χ0n) is 11.2. The van der Waals surface area contributed by atoms with E-state index in [1.807, 2.05) is 11.8 Å². The Morgan fingerprint density at radius 1 is 1.00 bits per heavy atom. The molecule has 0 spiro atoms. The molecule has 0 radical (unpaired) electrons. The maximum atomic E-state index is 12.4. The Morgan fingerprint density at radius 3 is 2.11 bits per heavy atom. The van der Waals surface area contributed by atoms with Gasteiger partial charge in [-0.05, 0) is 26.2 Å². The summed E-state index contributed by atoms with van der Waals surface area (Å²) < 4.78 is 0. The first kappa shape index (κ1) is 13.2. The van der Waals surface area contributed by atoms with Gasteiger partial charge in [-0.2, -0.15) is 0 Å². The molecule has 18 heavy (non-hydrogen) atoms. The first-order valence-electron chi connectivity index (χ1n) is 6.87. The number of hydrogen-bond donors (Lipinski definition) is 1.